The molecular weight excluding hydrogens is 314 g/mol. The first-order valence-electron chi connectivity index (χ1n) is 8.59. The third kappa shape index (κ3) is 3.07. The second-order valence-electron chi connectivity index (χ2n) is 6.60. The number of aromatic nitrogens is 3. The van der Waals surface area contributed by atoms with E-state index >= 15 is 0 Å². The van der Waals surface area contributed by atoms with E-state index in [0.29, 0.717) is 12.5 Å². The van der Waals surface area contributed by atoms with Gasteiger partial charge < -0.3 is 14.8 Å². The van der Waals surface area contributed by atoms with Crippen LogP contribution in [0.5, 0.6) is 0 Å². The van der Waals surface area contributed by atoms with Crippen molar-refractivity contribution in [2.75, 3.05) is 18.4 Å². The molecule has 0 unspecified atom stereocenters. The standard InChI is InChI=1S/C19H21N5O/c1-14-7-10-23(12-17(14)24-11-9-20-13-24)19(25)22-16-6-2-4-15-5-3-8-21-18(15)16/h2-6,8-9,11,13-14,17H,7,10,12H2,1H3,(H,22,25)/t14-,17-/m0/s1. The highest BCUT2D eigenvalue weighted by molar-refractivity contribution is 5.99. The molecule has 128 valence electrons. The molecule has 1 aliphatic heterocycles. The van der Waals surface area contributed by atoms with E-state index < -0.39 is 0 Å². The summed E-state index contributed by atoms with van der Waals surface area (Å²) in [6.45, 7) is 3.67. The van der Waals surface area contributed by atoms with E-state index in [9.17, 15) is 4.79 Å². The molecule has 1 aliphatic rings. The minimum absolute atomic E-state index is 0.0739. The largest absolute Gasteiger partial charge is 0.332 e. The average Bonchev–Trinajstić information content (AvgIpc) is 3.17. The van der Waals surface area contributed by atoms with Gasteiger partial charge in [-0.1, -0.05) is 25.1 Å². The van der Waals surface area contributed by atoms with Crippen LogP contribution in [-0.4, -0.2) is 38.6 Å². The van der Waals surface area contributed by atoms with Crippen LogP contribution in [0, 0.1) is 5.92 Å². The molecule has 1 aromatic carbocycles. The molecule has 0 aliphatic carbocycles. The number of benzene rings is 1. The van der Waals surface area contributed by atoms with Crippen molar-refractivity contribution >= 4 is 22.6 Å². The third-order valence-electron chi connectivity index (χ3n) is 4.99. The monoisotopic (exact) mass is 335 g/mol. The van der Waals surface area contributed by atoms with Gasteiger partial charge in [0.2, 0.25) is 0 Å². The first-order valence-corrected chi connectivity index (χ1v) is 8.59. The lowest BCUT2D eigenvalue weighted by Crippen LogP contribution is -2.45. The predicted octanol–water partition coefficient (Wildman–Crippen LogP) is 3.55. The number of likely N-dealkylation sites (tertiary alicyclic amines) is 1. The number of piperidine rings is 1. The van der Waals surface area contributed by atoms with Crippen molar-refractivity contribution in [3.05, 3.63) is 55.2 Å². The van der Waals surface area contributed by atoms with Crippen molar-refractivity contribution in [2.24, 2.45) is 5.92 Å². The summed E-state index contributed by atoms with van der Waals surface area (Å²) in [5, 5.41) is 4.05. The minimum atomic E-state index is -0.0739. The van der Waals surface area contributed by atoms with Crippen LogP contribution in [0.4, 0.5) is 10.5 Å². The number of carbonyl (C=O) groups is 1. The molecule has 2 atom stereocenters. The number of amides is 2. The summed E-state index contributed by atoms with van der Waals surface area (Å²) in [7, 11) is 0. The van der Waals surface area contributed by atoms with Gasteiger partial charge in [0.05, 0.1) is 23.6 Å². The number of hydrogen-bond acceptors (Lipinski definition) is 3. The lowest BCUT2D eigenvalue weighted by atomic mass is 9.93. The topological polar surface area (TPSA) is 63.1 Å². The Morgan fingerprint density at radius 2 is 2.12 bits per heavy atom. The van der Waals surface area contributed by atoms with Gasteiger partial charge in [0.15, 0.2) is 0 Å². The molecule has 2 aromatic heterocycles. The van der Waals surface area contributed by atoms with Crippen LogP contribution in [0.15, 0.2) is 55.2 Å². The Labute approximate surface area is 146 Å². The number of carbonyl (C=O) groups excluding carboxylic acids is 1. The fourth-order valence-electron chi connectivity index (χ4n) is 3.49. The quantitative estimate of drug-likeness (QED) is 0.779. The van der Waals surface area contributed by atoms with Crippen molar-refractivity contribution < 1.29 is 4.79 Å². The highest BCUT2D eigenvalue weighted by Crippen LogP contribution is 2.28. The van der Waals surface area contributed by atoms with Crippen LogP contribution in [0.1, 0.15) is 19.4 Å². The molecular formula is C19H21N5O. The number of fused-ring (bicyclic) bond motifs is 1. The zero-order valence-electron chi connectivity index (χ0n) is 14.2. The fraction of sp³-hybridized carbons (Fsp3) is 0.316. The highest BCUT2D eigenvalue weighted by atomic mass is 16.2. The third-order valence-corrected chi connectivity index (χ3v) is 4.99. The molecule has 1 fully saturated rings. The molecule has 6 heteroatoms. The molecule has 0 bridgehead atoms. The molecule has 4 rings (SSSR count). The van der Waals surface area contributed by atoms with Crippen LogP contribution in [-0.2, 0) is 0 Å². The van der Waals surface area contributed by atoms with Crippen LogP contribution < -0.4 is 5.32 Å². The maximum absolute atomic E-state index is 12.8. The number of hydrogen-bond donors (Lipinski definition) is 1. The summed E-state index contributed by atoms with van der Waals surface area (Å²) >= 11 is 0. The van der Waals surface area contributed by atoms with Crippen LogP contribution in [0.3, 0.4) is 0 Å². The molecule has 1 N–H and O–H groups in total. The maximum Gasteiger partial charge on any atom is 0.321 e. The molecule has 6 nitrogen and oxygen atoms in total. The Balaban J connectivity index is 1.53. The van der Waals surface area contributed by atoms with Crippen LogP contribution in [0.2, 0.25) is 0 Å². The van der Waals surface area contributed by atoms with Gasteiger partial charge in [-0.2, -0.15) is 0 Å². The van der Waals surface area contributed by atoms with E-state index in [2.05, 4.69) is 26.8 Å². The van der Waals surface area contributed by atoms with Crippen molar-refractivity contribution in [1.29, 1.82) is 0 Å². The first kappa shape index (κ1) is 15.6. The zero-order valence-corrected chi connectivity index (χ0v) is 14.2. The summed E-state index contributed by atoms with van der Waals surface area (Å²) in [6.07, 6.45) is 8.31. The molecule has 2 amide bonds. The number of imidazole rings is 1. The van der Waals surface area contributed by atoms with E-state index in [1.807, 2.05) is 47.8 Å². The minimum Gasteiger partial charge on any atom is -0.332 e. The molecule has 25 heavy (non-hydrogen) atoms. The van der Waals surface area contributed by atoms with Gasteiger partial charge in [-0.25, -0.2) is 9.78 Å². The lowest BCUT2D eigenvalue weighted by Gasteiger charge is -2.37. The van der Waals surface area contributed by atoms with E-state index in [0.717, 1.165) is 29.6 Å². The van der Waals surface area contributed by atoms with Crippen molar-refractivity contribution in [2.45, 2.75) is 19.4 Å². The van der Waals surface area contributed by atoms with Crippen molar-refractivity contribution in [1.82, 2.24) is 19.4 Å². The lowest BCUT2D eigenvalue weighted by molar-refractivity contribution is 0.149. The Hall–Kier alpha value is -2.89. The molecule has 3 aromatic rings. The summed E-state index contributed by atoms with van der Waals surface area (Å²) < 4.78 is 2.10. The van der Waals surface area contributed by atoms with E-state index in [-0.39, 0.29) is 12.1 Å². The highest BCUT2D eigenvalue weighted by Gasteiger charge is 2.30. The first-order chi connectivity index (χ1) is 12.2. The number of nitrogens with one attached hydrogen (secondary N) is 1. The average molecular weight is 335 g/mol. The number of para-hydroxylation sites is 1. The van der Waals surface area contributed by atoms with E-state index in [1.165, 1.54) is 0 Å². The normalized spacial score (nSPS) is 20.6. The summed E-state index contributed by atoms with van der Waals surface area (Å²) in [6, 6.07) is 9.91. The van der Waals surface area contributed by atoms with Gasteiger partial charge in [0.25, 0.3) is 0 Å². The van der Waals surface area contributed by atoms with Crippen molar-refractivity contribution in [3.63, 3.8) is 0 Å². The predicted molar refractivity (Wildman–Crippen MR) is 97.4 cm³/mol. The van der Waals surface area contributed by atoms with Crippen LogP contribution >= 0.6 is 0 Å². The van der Waals surface area contributed by atoms with Gasteiger partial charge in [-0.05, 0) is 24.5 Å². The van der Waals surface area contributed by atoms with Gasteiger partial charge in [-0.3, -0.25) is 4.98 Å². The SMILES string of the molecule is C[C@H]1CCN(C(=O)Nc2cccc3cccnc23)C[C@@H]1n1ccnc1. The Bertz CT molecular complexity index is 871. The molecule has 0 saturated carbocycles. The molecule has 0 radical (unpaired) electrons. The smallest absolute Gasteiger partial charge is 0.321 e. The summed E-state index contributed by atoms with van der Waals surface area (Å²) in [4.78, 5) is 23.2. The second kappa shape index (κ2) is 6.55. The molecule has 1 saturated heterocycles. The van der Waals surface area contributed by atoms with Crippen LogP contribution in [0.25, 0.3) is 10.9 Å². The Morgan fingerprint density at radius 3 is 2.96 bits per heavy atom. The maximum atomic E-state index is 12.8. The van der Waals surface area contributed by atoms with Gasteiger partial charge >= 0.3 is 6.03 Å². The van der Waals surface area contributed by atoms with E-state index in [4.69, 9.17) is 0 Å². The summed E-state index contributed by atoms with van der Waals surface area (Å²) in [5.74, 6) is 0.512. The zero-order chi connectivity index (χ0) is 17.2. The second-order valence-corrected chi connectivity index (χ2v) is 6.60. The summed E-state index contributed by atoms with van der Waals surface area (Å²) in [5.41, 5.74) is 1.57. The number of pyridine rings is 1. The van der Waals surface area contributed by atoms with E-state index in [1.54, 1.807) is 12.4 Å². The Morgan fingerprint density at radius 1 is 1.24 bits per heavy atom. The van der Waals surface area contributed by atoms with Gasteiger partial charge in [0.1, 0.15) is 0 Å². The van der Waals surface area contributed by atoms with Gasteiger partial charge in [0, 0.05) is 37.1 Å². The molecule has 0 spiro atoms. The number of anilines is 1. The number of nitrogens with zero attached hydrogens (tertiary/aromatic N) is 4. The Kier molecular flexibility index (Phi) is 4.09. The van der Waals surface area contributed by atoms with Gasteiger partial charge in [-0.15, -0.1) is 0 Å². The number of rotatable bonds is 2. The molecule has 3 heterocycles. The fourth-order valence-corrected chi connectivity index (χ4v) is 3.49. The number of urea groups is 1. The van der Waals surface area contributed by atoms with Crippen molar-refractivity contribution in [3.8, 4) is 0 Å².